The third kappa shape index (κ3) is 2.50. The SMILES string of the molecule is C=CCOC[C@@H]1[C@H](OC(=O)C=C)[C@@H]2C=C[C@H]1C2. The van der Waals surface area contributed by atoms with E-state index in [0.29, 0.717) is 25.0 Å². The van der Waals surface area contributed by atoms with Crippen molar-refractivity contribution in [3.8, 4) is 0 Å². The highest BCUT2D eigenvalue weighted by molar-refractivity contribution is 5.81. The van der Waals surface area contributed by atoms with Crippen LogP contribution in [0.2, 0.25) is 0 Å². The van der Waals surface area contributed by atoms with Gasteiger partial charge in [-0.25, -0.2) is 4.79 Å². The van der Waals surface area contributed by atoms with E-state index in [9.17, 15) is 4.79 Å². The fraction of sp³-hybridized carbons (Fsp3) is 0.500. The second kappa shape index (κ2) is 5.32. The maximum Gasteiger partial charge on any atom is 0.330 e. The Kier molecular flexibility index (Phi) is 3.79. The van der Waals surface area contributed by atoms with E-state index in [1.165, 1.54) is 6.08 Å². The first kappa shape index (κ1) is 12.1. The first-order chi connectivity index (χ1) is 8.26. The molecule has 1 saturated carbocycles. The van der Waals surface area contributed by atoms with Crippen molar-refractivity contribution in [3.63, 3.8) is 0 Å². The molecule has 0 aromatic heterocycles. The van der Waals surface area contributed by atoms with Gasteiger partial charge in [0, 0.05) is 17.9 Å². The van der Waals surface area contributed by atoms with Crippen molar-refractivity contribution in [2.45, 2.75) is 12.5 Å². The van der Waals surface area contributed by atoms with Crippen molar-refractivity contribution in [1.29, 1.82) is 0 Å². The number of rotatable bonds is 6. The van der Waals surface area contributed by atoms with Crippen molar-refractivity contribution in [2.75, 3.05) is 13.2 Å². The molecule has 0 aromatic rings. The summed E-state index contributed by atoms with van der Waals surface area (Å²) >= 11 is 0. The molecule has 2 rings (SSSR count). The summed E-state index contributed by atoms with van der Waals surface area (Å²) in [6.07, 6.45) is 8.32. The van der Waals surface area contributed by atoms with Crippen molar-refractivity contribution < 1.29 is 14.3 Å². The molecule has 17 heavy (non-hydrogen) atoms. The number of carbonyl (C=O) groups is 1. The molecule has 0 spiro atoms. The first-order valence-corrected chi connectivity index (χ1v) is 5.96. The average Bonchev–Trinajstić information content (AvgIpc) is 2.91. The molecule has 3 nitrogen and oxygen atoms in total. The molecule has 92 valence electrons. The summed E-state index contributed by atoms with van der Waals surface area (Å²) in [5, 5.41) is 0. The van der Waals surface area contributed by atoms with Gasteiger partial charge in [-0.3, -0.25) is 0 Å². The van der Waals surface area contributed by atoms with Crippen LogP contribution in [0.25, 0.3) is 0 Å². The number of hydrogen-bond acceptors (Lipinski definition) is 3. The van der Waals surface area contributed by atoms with Crippen LogP contribution in [-0.4, -0.2) is 25.3 Å². The highest BCUT2D eigenvalue weighted by Gasteiger charge is 2.46. The fourth-order valence-corrected chi connectivity index (χ4v) is 2.74. The molecule has 2 aliphatic rings. The monoisotopic (exact) mass is 234 g/mol. The molecule has 0 N–H and O–H groups in total. The number of esters is 1. The quantitative estimate of drug-likeness (QED) is 0.305. The molecule has 2 bridgehead atoms. The predicted octanol–water partition coefficient (Wildman–Crippen LogP) is 2.11. The third-order valence-electron chi connectivity index (χ3n) is 3.51. The van der Waals surface area contributed by atoms with Crippen LogP contribution in [-0.2, 0) is 14.3 Å². The van der Waals surface area contributed by atoms with Gasteiger partial charge in [0.25, 0.3) is 0 Å². The van der Waals surface area contributed by atoms with E-state index < -0.39 is 0 Å². The van der Waals surface area contributed by atoms with Gasteiger partial charge in [0.2, 0.25) is 0 Å². The van der Waals surface area contributed by atoms with Crippen molar-refractivity contribution in [2.24, 2.45) is 17.8 Å². The van der Waals surface area contributed by atoms with E-state index >= 15 is 0 Å². The van der Waals surface area contributed by atoms with Crippen LogP contribution in [0.4, 0.5) is 0 Å². The van der Waals surface area contributed by atoms with Crippen molar-refractivity contribution in [3.05, 3.63) is 37.5 Å². The van der Waals surface area contributed by atoms with Crippen LogP contribution in [0.1, 0.15) is 6.42 Å². The summed E-state index contributed by atoms with van der Waals surface area (Å²) in [6, 6.07) is 0. The zero-order valence-electron chi connectivity index (χ0n) is 9.88. The molecule has 1 fully saturated rings. The minimum atomic E-state index is -0.343. The van der Waals surface area contributed by atoms with Gasteiger partial charge in [0.05, 0.1) is 13.2 Å². The van der Waals surface area contributed by atoms with Crippen LogP contribution >= 0.6 is 0 Å². The Morgan fingerprint density at radius 3 is 2.82 bits per heavy atom. The number of carbonyl (C=O) groups excluding carboxylic acids is 1. The van der Waals surface area contributed by atoms with E-state index in [-0.39, 0.29) is 18.0 Å². The van der Waals surface area contributed by atoms with Gasteiger partial charge < -0.3 is 9.47 Å². The lowest BCUT2D eigenvalue weighted by Gasteiger charge is -2.27. The summed E-state index contributed by atoms with van der Waals surface area (Å²) in [7, 11) is 0. The minimum Gasteiger partial charge on any atom is -0.458 e. The van der Waals surface area contributed by atoms with E-state index in [1.54, 1.807) is 6.08 Å². The van der Waals surface area contributed by atoms with Crippen LogP contribution in [0.15, 0.2) is 37.5 Å². The average molecular weight is 234 g/mol. The highest BCUT2D eigenvalue weighted by Crippen LogP contribution is 2.45. The molecule has 0 aliphatic heterocycles. The maximum absolute atomic E-state index is 11.3. The van der Waals surface area contributed by atoms with Gasteiger partial charge in [0.15, 0.2) is 0 Å². The second-order valence-electron chi connectivity index (χ2n) is 4.54. The molecule has 0 heterocycles. The highest BCUT2D eigenvalue weighted by atomic mass is 16.5. The first-order valence-electron chi connectivity index (χ1n) is 5.96. The summed E-state index contributed by atoms with van der Waals surface area (Å²) in [4.78, 5) is 11.3. The molecule has 0 amide bonds. The van der Waals surface area contributed by atoms with Gasteiger partial charge in [-0.15, -0.1) is 6.58 Å². The van der Waals surface area contributed by atoms with E-state index in [0.717, 1.165) is 6.42 Å². The maximum atomic E-state index is 11.3. The normalized spacial score (nSPS) is 33.6. The topological polar surface area (TPSA) is 35.5 Å². The van der Waals surface area contributed by atoms with Gasteiger partial charge in [-0.05, 0) is 12.3 Å². The van der Waals surface area contributed by atoms with Gasteiger partial charge in [-0.1, -0.05) is 24.8 Å². The molecule has 0 radical (unpaired) electrons. The lowest BCUT2D eigenvalue weighted by Crippen LogP contribution is -2.33. The van der Waals surface area contributed by atoms with Crippen LogP contribution in [0.3, 0.4) is 0 Å². The van der Waals surface area contributed by atoms with Crippen molar-refractivity contribution >= 4 is 5.97 Å². The Morgan fingerprint density at radius 2 is 2.12 bits per heavy atom. The number of ether oxygens (including phenoxy) is 2. The Hall–Kier alpha value is -1.35. The van der Waals surface area contributed by atoms with Gasteiger partial charge >= 0.3 is 5.97 Å². The molecule has 3 heteroatoms. The van der Waals surface area contributed by atoms with E-state index in [1.807, 2.05) is 0 Å². The Labute approximate surface area is 102 Å². The Morgan fingerprint density at radius 1 is 1.35 bits per heavy atom. The number of hydrogen-bond donors (Lipinski definition) is 0. The van der Waals surface area contributed by atoms with Crippen molar-refractivity contribution in [1.82, 2.24) is 0 Å². The zero-order valence-corrected chi connectivity index (χ0v) is 9.88. The van der Waals surface area contributed by atoms with Crippen LogP contribution in [0, 0.1) is 17.8 Å². The largest absolute Gasteiger partial charge is 0.458 e. The Balaban J connectivity index is 1.96. The summed E-state index contributed by atoms with van der Waals surface area (Å²) < 4.78 is 10.9. The van der Waals surface area contributed by atoms with E-state index in [4.69, 9.17) is 9.47 Å². The fourth-order valence-electron chi connectivity index (χ4n) is 2.74. The number of allylic oxidation sites excluding steroid dienone is 1. The lowest BCUT2D eigenvalue weighted by atomic mass is 9.91. The van der Waals surface area contributed by atoms with Gasteiger partial charge in [-0.2, -0.15) is 0 Å². The minimum absolute atomic E-state index is 0.0553. The van der Waals surface area contributed by atoms with Crippen LogP contribution < -0.4 is 0 Å². The Bertz CT molecular complexity index is 345. The van der Waals surface area contributed by atoms with E-state index in [2.05, 4.69) is 25.3 Å². The smallest absolute Gasteiger partial charge is 0.330 e. The molecule has 2 aliphatic carbocycles. The predicted molar refractivity (Wildman–Crippen MR) is 65.3 cm³/mol. The standard InChI is InChI=1S/C14H18O3/c1-3-7-16-9-12-10-5-6-11(8-10)14(12)17-13(15)4-2/h3-6,10-12,14H,1-2,7-9H2/t10-,11+,12-,14+/m0/s1. The molecule has 0 saturated heterocycles. The second-order valence-corrected chi connectivity index (χ2v) is 4.54. The van der Waals surface area contributed by atoms with Gasteiger partial charge in [0.1, 0.15) is 6.10 Å². The molecular formula is C14H18O3. The summed E-state index contributed by atoms with van der Waals surface area (Å²) in [6.45, 7) is 8.20. The molecule has 0 unspecified atom stereocenters. The lowest BCUT2D eigenvalue weighted by molar-refractivity contribution is -0.147. The molecular weight excluding hydrogens is 216 g/mol. The summed E-state index contributed by atoms with van der Waals surface area (Å²) in [5.74, 6) is 0.757. The molecule has 0 aromatic carbocycles. The molecule has 4 atom stereocenters. The third-order valence-corrected chi connectivity index (χ3v) is 3.51. The summed E-state index contributed by atoms with van der Waals surface area (Å²) in [5.41, 5.74) is 0. The van der Waals surface area contributed by atoms with Crippen LogP contribution in [0.5, 0.6) is 0 Å². The number of fused-ring (bicyclic) bond motifs is 2. The zero-order chi connectivity index (χ0) is 12.3.